The molecular formula is C16H21N3O2. The van der Waals surface area contributed by atoms with Crippen LogP contribution in [0.1, 0.15) is 31.7 Å². The molecule has 1 fully saturated rings. The third kappa shape index (κ3) is 3.24. The summed E-state index contributed by atoms with van der Waals surface area (Å²) in [6.07, 6.45) is 4.94. The topological polar surface area (TPSA) is 60.2 Å². The van der Waals surface area contributed by atoms with Gasteiger partial charge in [-0.15, -0.1) is 10.2 Å². The van der Waals surface area contributed by atoms with Gasteiger partial charge in [-0.25, -0.2) is 0 Å². The van der Waals surface area contributed by atoms with Crippen LogP contribution in [0.2, 0.25) is 0 Å². The molecule has 2 aromatic rings. The van der Waals surface area contributed by atoms with Gasteiger partial charge in [-0.3, -0.25) is 0 Å². The molecule has 1 aliphatic rings. The average Bonchev–Trinajstić information content (AvgIpc) is 3.04. The molecule has 5 heteroatoms. The maximum atomic E-state index is 5.73. The van der Waals surface area contributed by atoms with Crippen molar-refractivity contribution in [3.8, 4) is 11.5 Å². The van der Waals surface area contributed by atoms with E-state index in [1.807, 2.05) is 6.07 Å². The zero-order valence-electron chi connectivity index (χ0n) is 12.5. The molecule has 112 valence electrons. The first-order chi connectivity index (χ1) is 10.3. The predicted octanol–water partition coefficient (Wildman–Crippen LogP) is 3.41. The van der Waals surface area contributed by atoms with Gasteiger partial charge in [-0.1, -0.05) is 6.92 Å². The van der Waals surface area contributed by atoms with Crippen molar-refractivity contribution in [1.29, 1.82) is 0 Å². The minimum atomic E-state index is 0.384. The Morgan fingerprint density at radius 2 is 2.29 bits per heavy atom. The summed E-state index contributed by atoms with van der Waals surface area (Å²) in [6, 6.07) is 6.66. The summed E-state index contributed by atoms with van der Waals surface area (Å²) in [5.74, 6) is 0.557. The lowest BCUT2D eigenvalue weighted by atomic mass is 10.0. The van der Waals surface area contributed by atoms with Gasteiger partial charge in [-0.05, 0) is 49.9 Å². The average molecular weight is 287 g/mol. The van der Waals surface area contributed by atoms with Crippen LogP contribution in [0.15, 0.2) is 29.0 Å². The molecule has 2 heterocycles. The number of ether oxygens (including phenoxy) is 1. The second-order valence-corrected chi connectivity index (χ2v) is 5.54. The highest BCUT2D eigenvalue weighted by atomic mass is 16.5. The van der Waals surface area contributed by atoms with Crippen LogP contribution in [0, 0.1) is 6.92 Å². The molecule has 0 spiro atoms. The monoisotopic (exact) mass is 287 g/mol. The van der Waals surface area contributed by atoms with E-state index in [4.69, 9.17) is 9.15 Å². The Bertz CT molecular complexity index is 583. The summed E-state index contributed by atoms with van der Waals surface area (Å²) in [5.41, 5.74) is 3.30. The minimum absolute atomic E-state index is 0.384. The molecule has 0 radical (unpaired) electrons. The van der Waals surface area contributed by atoms with Crippen LogP contribution in [-0.2, 0) is 4.74 Å². The van der Waals surface area contributed by atoms with E-state index in [0.717, 1.165) is 31.4 Å². The van der Waals surface area contributed by atoms with Gasteiger partial charge >= 0.3 is 0 Å². The molecule has 1 saturated heterocycles. The fraction of sp³-hybridized carbons (Fsp3) is 0.500. The van der Waals surface area contributed by atoms with Gasteiger partial charge in [0.05, 0.1) is 6.10 Å². The number of hydrogen-bond donors (Lipinski definition) is 1. The highest BCUT2D eigenvalue weighted by Gasteiger charge is 2.21. The van der Waals surface area contributed by atoms with Gasteiger partial charge in [0.2, 0.25) is 12.3 Å². The van der Waals surface area contributed by atoms with Crippen LogP contribution in [0.3, 0.4) is 0 Å². The quantitative estimate of drug-likeness (QED) is 0.933. The molecule has 0 amide bonds. The summed E-state index contributed by atoms with van der Waals surface area (Å²) in [6.45, 7) is 5.12. The van der Waals surface area contributed by atoms with Gasteiger partial charge in [0.1, 0.15) is 0 Å². The lowest BCUT2D eigenvalue weighted by Gasteiger charge is -2.30. The van der Waals surface area contributed by atoms with Crippen LogP contribution in [0.5, 0.6) is 0 Å². The van der Waals surface area contributed by atoms with E-state index in [9.17, 15) is 0 Å². The van der Waals surface area contributed by atoms with Gasteiger partial charge in [0.25, 0.3) is 0 Å². The highest BCUT2D eigenvalue weighted by Crippen LogP contribution is 2.26. The van der Waals surface area contributed by atoms with Crippen molar-refractivity contribution < 1.29 is 9.15 Å². The molecule has 1 aliphatic heterocycles. The summed E-state index contributed by atoms with van der Waals surface area (Å²) in [5, 5.41) is 11.3. The van der Waals surface area contributed by atoms with Crippen molar-refractivity contribution in [3.05, 3.63) is 30.2 Å². The van der Waals surface area contributed by atoms with E-state index < -0.39 is 0 Å². The fourth-order valence-corrected chi connectivity index (χ4v) is 2.77. The smallest absolute Gasteiger partial charge is 0.247 e. The molecule has 5 nitrogen and oxygen atoms in total. The Hall–Kier alpha value is -1.88. The standard InChI is InChI=1S/C16H21N3O2/c1-3-14-9-13(6-7-20-14)18-15-5-4-12(8-11(15)2)16-19-17-10-21-16/h4-5,8,10,13-14,18H,3,6-7,9H2,1-2H3. The first-order valence-electron chi connectivity index (χ1n) is 7.51. The summed E-state index contributed by atoms with van der Waals surface area (Å²) < 4.78 is 11.0. The van der Waals surface area contributed by atoms with E-state index in [2.05, 4.69) is 41.5 Å². The van der Waals surface area contributed by atoms with Crippen molar-refractivity contribution in [2.45, 2.75) is 45.3 Å². The molecule has 2 unspecified atom stereocenters. The predicted molar refractivity (Wildman–Crippen MR) is 81.1 cm³/mol. The number of benzene rings is 1. The fourth-order valence-electron chi connectivity index (χ4n) is 2.77. The lowest BCUT2D eigenvalue weighted by molar-refractivity contribution is 0.00925. The maximum Gasteiger partial charge on any atom is 0.247 e. The van der Waals surface area contributed by atoms with Crippen LogP contribution in [0.25, 0.3) is 11.5 Å². The van der Waals surface area contributed by atoms with Crippen LogP contribution < -0.4 is 5.32 Å². The van der Waals surface area contributed by atoms with Gasteiger partial charge in [-0.2, -0.15) is 0 Å². The van der Waals surface area contributed by atoms with Crippen molar-refractivity contribution in [1.82, 2.24) is 10.2 Å². The second-order valence-electron chi connectivity index (χ2n) is 5.54. The van der Waals surface area contributed by atoms with Crippen molar-refractivity contribution in [3.63, 3.8) is 0 Å². The largest absolute Gasteiger partial charge is 0.423 e. The molecular weight excluding hydrogens is 266 g/mol. The first kappa shape index (κ1) is 14.1. The second kappa shape index (κ2) is 6.26. The number of nitrogens with one attached hydrogen (secondary N) is 1. The number of nitrogens with zero attached hydrogens (tertiary/aromatic N) is 2. The molecule has 0 saturated carbocycles. The van der Waals surface area contributed by atoms with Crippen molar-refractivity contribution in [2.24, 2.45) is 0 Å². The van der Waals surface area contributed by atoms with Gasteiger partial charge in [0, 0.05) is 23.9 Å². The van der Waals surface area contributed by atoms with E-state index in [0.29, 0.717) is 18.0 Å². The van der Waals surface area contributed by atoms with E-state index in [1.165, 1.54) is 17.6 Å². The zero-order valence-corrected chi connectivity index (χ0v) is 12.5. The van der Waals surface area contributed by atoms with Crippen LogP contribution in [-0.4, -0.2) is 29.0 Å². The third-order valence-electron chi connectivity index (χ3n) is 4.02. The summed E-state index contributed by atoms with van der Waals surface area (Å²) in [4.78, 5) is 0. The SMILES string of the molecule is CCC1CC(Nc2ccc(-c3nnco3)cc2C)CCO1. The summed E-state index contributed by atoms with van der Waals surface area (Å²) >= 11 is 0. The maximum absolute atomic E-state index is 5.73. The normalized spacial score (nSPS) is 22.2. The molecule has 1 N–H and O–H groups in total. The van der Waals surface area contributed by atoms with Crippen molar-refractivity contribution >= 4 is 5.69 Å². The van der Waals surface area contributed by atoms with Crippen LogP contribution >= 0.6 is 0 Å². The molecule has 2 atom stereocenters. The third-order valence-corrected chi connectivity index (χ3v) is 4.02. The van der Waals surface area contributed by atoms with Gasteiger partial charge in [0.15, 0.2) is 0 Å². The van der Waals surface area contributed by atoms with E-state index in [1.54, 1.807) is 0 Å². The number of aromatic nitrogens is 2. The molecule has 3 rings (SSSR count). The van der Waals surface area contributed by atoms with E-state index >= 15 is 0 Å². The highest BCUT2D eigenvalue weighted by molar-refractivity contribution is 5.62. The minimum Gasteiger partial charge on any atom is -0.423 e. The lowest BCUT2D eigenvalue weighted by Crippen LogP contribution is -2.33. The Balaban J connectivity index is 1.71. The van der Waals surface area contributed by atoms with Crippen LogP contribution in [0.4, 0.5) is 5.69 Å². The Morgan fingerprint density at radius 3 is 3.00 bits per heavy atom. The Morgan fingerprint density at radius 1 is 1.38 bits per heavy atom. The number of aryl methyl sites for hydroxylation is 1. The molecule has 21 heavy (non-hydrogen) atoms. The molecule has 0 bridgehead atoms. The van der Waals surface area contributed by atoms with Crippen molar-refractivity contribution in [2.75, 3.05) is 11.9 Å². The zero-order chi connectivity index (χ0) is 14.7. The van der Waals surface area contributed by atoms with Gasteiger partial charge < -0.3 is 14.5 Å². The molecule has 1 aromatic heterocycles. The molecule has 0 aliphatic carbocycles. The number of anilines is 1. The molecule has 1 aromatic carbocycles. The van der Waals surface area contributed by atoms with E-state index in [-0.39, 0.29) is 0 Å². The Kier molecular flexibility index (Phi) is 4.20. The first-order valence-corrected chi connectivity index (χ1v) is 7.51. The summed E-state index contributed by atoms with van der Waals surface area (Å²) in [7, 11) is 0. The number of rotatable bonds is 4. The number of hydrogen-bond acceptors (Lipinski definition) is 5. The Labute approximate surface area is 124 Å².